The molecule has 1 N–H and O–H groups in total. The molecule has 0 aliphatic rings. The third-order valence-corrected chi connectivity index (χ3v) is 3.04. The van der Waals surface area contributed by atoms with Crippen molar-refractivity contribution in [2.24, 2.45) is 0 Å². The maximum absolute atomic E-state index is 10.7. The number of ether oxygens (including phenoxy) is 1. The van der Waals surface area contributed by atoms with Gasteiger partial charge in [0.05, 0.1) is 19.6 Å². The molecule has 0 saturated carbocycles. The number of carboxylic acids is 1. The quantitative estimate of drug-likeness (QED) is 0.789. The van der Waals surface area contributed by atoms with Gasteiger partial charge in [0.15, 0.2) is 0 Å². The molecule has 1 atom stereocenters. The molecule has 0 aliphatic heterocycles. The van der Waals surface area contributed by atoms with Crippen LogP contribution in [0.1, 0.15) is 31.4 Å². The smallest absolute Gasteiger partial charge is 0.304 e. The predicted molar refractivity (Wildman–Crippen MR) is 75.5 cm³/mol. The summed E-state index contributed by atoms with van der Waals surface area (Å²) in [6.07, 6.45) is 0.875. The number of nitriles is 1. The molecule has 5 heteroatoms. The van der Waals surface area contributed by atoms with Gasteiger partial charge in [-0.05, 0) is 19.0 Å². The molecular weight excluding hydrogens is 256 g/mol. The number of hydrogen-bond donors (Lipinski definition) is 1. The summed E-state index contributed by atoms with van der Waals surface area (Å²) in [7, 11) is 1.56. The fourth-order valence-electron chi connectivity index (χ4n) is 2.14. The highest BCUT2D eigenvalue weighted by Gasteiger charge is 2.22. The minimum Gasteiger partial charge on any atom is -0.496 e. The highest BCUT2D eigenvalue weighted by atomic mass is 16.5. The van der Waals surface area contributed by atoms with E-state index in [0.717, 1.165) is 12.0 Å². The van der Waals surface area contributed by atoms with E-state index in [1.54, 1.807) is 13.2 Å². The van der Waals surface area contributed by atoms with Gasteiger partial charge in [0.1, 0.15) is 11.8 Å². The van der Waals surface area contributed by atoms with Crippen molar-refractivity contribution in [3.63, 3.8) is 0 Å². The molecule has 0 amide bonds. The van der Waals surface area contributed by atoms with Crippen molar-refractivity contribution in [1.29, 1.82) is 5.26 Å². The molecule has 0 heterocycles. The lowest BCUT2D eigenvalue weighted by molar-refractivity contribution is -0.137. The second-order valence-electron chi connectivity index (χ2n) is 4.45. The maximum atomic E-state index is 10.7. The largest absolute Gasteiger partial charge is 0.496 e. The molecule has 0 saturated heterocycles. The van der Waals surface area contributed by atoms with Gasteiger partial charge in [0, 0.05) is 12.1 Å². The van der Waals surface area contributed by atoms with Crippen LogP contribution in [0.25, 0.3) is 0 Å². The van der Waals surface area contributed by atoms with Crippen molar-refractivity contribution in [3.8, 4) is 11.8 Å². The van der Waals surface area contributed by atoms with Crippen LogP contribution >= 0.6 is 0 Å². The summed E-state index contributed by atoms with van der Waals surface area (Å²) in [5.74, 6) is -0.210. The minimum atomic E-state index is -0.859. The number of nitrogens with zero attached hydrogens (tertiary/aromatic N) is 2. The standard InChI is InChI=1S/C15H20N2O3/c1-3-9-17(10-8-15(18)19)13(11-16)12-6-4-5-7-14(12)20-2/h4-7,13H,3,8-10H2,1-2H3,(H,18,19). The molecule has 20 heavy (non-hydrogen) atoms. The summed E-state index contributed by atoms with van der Waals surface area (Å²) in [6, 6.07) is 9.11. The van der Waals surface area contributed by atoms with Crippen molar-refractivity contribution in [1.82, 2.24) is 4.90 Å². The van der Waals surface area contributed by atoms with Crippen molar-refractivity contribution in [3.05, 3.63) is 29.8 Å². The van der Waals surface area contributed by atoms with Crippen LogP contribution < -0.4 is 4.74 Å². The summed E-state index contributed by atoms with van der Waals surface area (Å²) < 4.78 is 5.29. The van der Waals surface area contributed by atoms with Gasteiger partial charge in [-0.2, -0.15) is 5.26 Å². The van der Waals surface area contributed by atoms with Crippen LogP contribution in [0.15, 0.2) is 24.3 Å². The van der Waals surface area contributed by atoms with Crippen molar-refractivity contribution >= 4 is 5.97 Å². The zero-order valence-electron chi connectivity index (χ0n) is 11.9. The Kier molecular flexibility index (Phi) is 6.54. The Bertz CT molecular complexity index is 482. The third-order valence-electron chi connectivity index (χ3n) is 3.04. The maximum Gasteiger partial charge on any atom is 0.304 e. The number of carbonyl (C=O) groups is 1. The third kappa shape index (κ3) is 4.25. The number of rotatable bonds is 8. The summed E-state index contributed by atoms with van der Waals surface area (Å²) in [6.45, 7) is 3.02. The first kappa shape index (κ1) is 16.0. The van der Waals surface area contributed by atoms with Crippen LogP contribution in [-0.2, 0) is 4.79 Å². The van der Waals surface area contributed by atoms with Gasteiger partial charge < -0.3 is 9.84 Å². The van der Waals surface area contributed by atoms with E-state index in [1.807, 2.05) is 30.0 Å². The molecule has 0 spiro atoms. The van der Waals surface area contributed by atoms with Crippen LogP contribution in [-0.4, -0.2) is 36.2 Å². The van der Waals surface area contributed by atoms with Crippen LogP contribution in [0.4, 0.5) is 0 Å². The SMILES string of the molecule is CCCN(CCC(=O)O)C(C#N)c1ccccc1OC. The molecule has 0 aromatic heterocycles. The van der Waals surface area contributed by atoms with E-state index in [2.05, 4.69) is 6.07 Å². The Morgan fingerprint density at radius 1 is 1.45 bits per heavy atom. The second-order valence-corrected chi connectivity index (χ2v) is 4.45. The van der Waals surface area contributed by atoms with Gasteiger partial charge in [-0.1, -0.05) is 25.1 Å². The molecule has 0 fully saturated rings. The Morgan fingerprint density at radius 2 is 2.15 bits per heavy atom. The topological polar surface area (TPSA) is 73.6 Å². The average molecular weight is 276 g/mol. The van der Waals surface area contributed by atoms with Crippen molar-refractivity contribution in [2.75, 3.05) is 20.2 Å². The molecule has 5 nitrogen and oxygen atoms in total. The van der Waals surface area contributed by atoms with E-state index >= 15 is 0 Å². The molecule has 1 aromatic carbocycles. The first-order valence-electron chi connectivity index (χ1n) is 6.62. The van der Waals surface area contributed by atoms with Gasteiger partial charge in [0.2, 0.25) is 0 Å². The summed E-state index contributed by atoms with van der Waals surface area (Å²) >= 11 is 0. The molecule has 0 aliphatic carbocycles. The number of aliphatic carboxylic acids is 1. The number of para-hydroxylation sites is 1. The highest BCUT2D eigenvalue weighted by Crippen LogP contribution is 2.29. The second kappa shape index (κ2) is 8.18. The van der Waals surface area contributed by atoms with E-state index in [0.29, 0.717) is 18.8 Å². The Balaban J connectivity index is 3.00. The normalized spacial score (nSPS) is 11.9. The molecule has 108 valence electrons. The Hall–Kier alpha value is -2.06. The molecule has 0 bridgehead atoms. The summed E-state index contributed by atoms with van der Waals surface area (Å²) in [5.41, 5.74) is 0.774. The van der Waals surface area contributed by atoms with E-state index < -0.39 is 12.0 Å². The van der Waals surface area contributed by atoms with E-state index in [-0.39, 0.29) is 6.42 Å². The molecule has 1 rings (SSSR count). The number of carboxylic acid groups (broad SMARTS) is 1. The number of methoxy groups -OCH3 is 1. The van der Waals surface area contributed by atoms with Crippen LogP contribution in [0.3, 0.4) is 0 Å². The lowest BCUT2D eigenvalue weighted by Crippen LogP contribution is -2.31. The first-order chi connectivity index (χ1) is 9.63. The fourth-order valence-corrected chi connectivity index (χ4v) is 2.14. The van der Waals surface area contributed by atoms with Crippen LogP contribution in [0.2, 0.25) is 0 Å². The van der Waals surface area contributed by atoms with Gasteiger partial charge in [-0.25, -0.2) is 0 Å². The fraction of sp³-hybridized carbons (Fsp3) is 0.467. The zero-order chi connectivity index (χ0) is 15.0. The summed E-state index contributed by atoms with van der Waals surface area (Å²) in [5, 5.41) is 18.3. The van der Waals surface area contributed by atoms with E-state index in [4.69, 9.17) is 9.84 Å². The van der Waals surface area contributed by atoms with E-state index in [9.17, 15) is 10.1 Å². The van der Waals surface area contributed by atoms with E-state index in [1.165, 1.54) is 0 Å². The van der Waals surface area contributed by atoms with Crippen LogP contribution in [0, 0.1) is 11.3 Å². The van der Waals surface area contributed by atoms with Gasteiger partial charge in [-0.3, -0.25) is 9.69 Å². The Labute approximate surface area is 119 Å². The monoisotopic (exact) mass is 276 g/mol. The van der Waals surface area contributed by atoms with Gasteiger partial charge in [0.25, 0.3) is 0 Å². The molecular formula is C15H20N2O3. The summed E-state index contributed by atoms with van der Waals surface area (Å²) in [4.78, 5) is 12.6. The average Bonchev–Trinajstić information content (AvgIpc) is 2.45. The molecule has 0 radical (unpaired) electrons. The highest BCUT2D eigenvalue weighted by molar-refractivity contribution is 5.66. The number of benzene rings is 1. The lowest BCUT2D eigenvalue weighted by atomic mass is 10.0. The van der Waals surface area contributed by atoms with Crippen molar-refractivity contribution in [2.45, 2.75) is 25.8 Å². The first-order valence-corrected chi connectivity index (χ1v) is 6.62. The number of hydrogen-bond acceptors (Lipinski definition) is 4. The van der Waals surface area contributed by atoms with Crippen LogP contribution in [0.5, 0.6) is 5.75 Å². The minimum absolute atomic E-state index is 0.0212. The molecule has 1 aromatic rings. The van der Waals surface area contributed by atoms with Gasteiger partial charge >= 0.3 is 5.97 Å². The van der Waals surface area contributed by atoms with Gasteiger partial charge in [-0.15, -0.1) is 0 Å². The Morgan fingerprint density at radius 3 is 2.70 bits per heavy atom. The zero-order valence-corrected chi connectivity index (χ0v) is 11.9. The predicted octanol–water partition coefficient (Wildman–Crippen LogP) is 2.45. The lowest BCUT2D eigenvalue weighted by Gasteiger charge is -2.27. The van der Waals surface area contributed by atoms with Crippen molar-refractivity contribution < 1.29 is 14.6 Å². The molecule has 1 unspecified atom stereocenters.